The second-order valence-electron chi connectivity index (χ2n) is 14.9. The predicted molar refractivity (Wildman–Crippen MR) is 238 cm³/mol. The number of nitrogens with zero attached hydrogens (tertiary/aromatic N) is 3. The number of thiophene rings is 1. The molecule has 2 aliphatic rings. The average molecular weight is 751 g/mol. The van der Waals surface area contributed by atoms with Gasteiger partial charge in [-0.15, -0.1) is 11.3 Å². The Hall–Kier alpha value is -7.02. The van der Waals surface area contributed by atoms with Crippen LogP contribution in [0.25, 0.3) is 75.9 Å². The van der Waals surface area contributed by atoms with E-state index in [0.717, 1.165) is 80.0 Å². The summed E-state index contributed by atoms with van der Waals surface area (Å²) in [6, 6.07) is 56.0. The van der Waals surface area contributed by atoms with E-state index < -0.39 is 0 Å². The lowest BCUT2D eigenvalue weighted by atomic mass is 9.99. The molecule has 0 fully saturated rings. The minimum absolute atomic E-state index is 0.295. The van der Waals surface area contributed by atoms with Crippen LogP contribution in [0.1, 0.15) is 40.5 Å². The van der Waals surface area contributed by atoms with Gasteiger partial charge in [0.05, 0.1) is 5.52 Å². The Kier molecular flexibility index (Phi) is 7.22. The van der Waals surface area contributed by atoms with Crippen molar-refractivity contribution in [1.82, 2.24) is 9.88 Å². The Balaban J connectivity index is 0.955. The van der Waals surface area contributed by atoms with Crippen LogP contribution in [-0.2, 0) is 6.42 Å². The van der Waals surface area contributed by atoms with Crippen molar-refractivity contribution in [2.75, 3.05) is 0 Å². The molecule has 10 aromatic rings. The number of rotatable bonds is 5. The molecule has 4 heterocycles. The first-order chi connectivity index (χ1) is 28.2. The van der Waals surface area contributed by atoms with Crippen LogP contribution in [0, 0.1) is 0 Å². The maximum atomic E-state index is 6.85. The van der Waals surface area contributed by atoms with Gasteiger partial charge in [-0.25, -0.2) is 9.98 Å². The molecule has 12 rings (SSSR count). The fourth-order valence-corrected chi connectivity index (χ4v) is 9.90. The van der Waals surface area contributed by atoms with E-state index in [4.69, 9.17) is 14.4 Å². The van der Waals surface area contributed by atoms with Gasteiger partial charge >= 0.3 is 0 Å². The first kappa shape index (κ1) is 32.2. The highest BCUT2D eigenvalue weighted by Crippen LogP contribution is 2.42. The van der Waals surface area contributed by atoms with Crippen molar-refractivity contribution in [2.24, 2.45) is 9.98 Å². The van der Waals surface area contributed by atoms with E-state index in [2.05, 4.69) is 143 Å². The maximum absolute atomic E-state index is 6.85. The van der Waals surface area contributed by atoms with Gasteiger partial charge in [0.1, 0.15) is 23.2 Å². The van der Waals surface area contributed by atoms with Crippen LogP contribution in [0.4, 0.5) is 0 Å². The minimum atomic E-state index is -0.295. The summed E-state index contributed by atoms with van der Waals surface area (Å²) in [4.78, 5) is 10.1. The number of furan rings is 1. The molecule has 270 valence electrons. The molecule has 0 saturated carbocycles. The number of hydrogen-bond donors (Lipinski definition) is 1. The molecule has 1 unspecified atom stereocenters. The zero-order valence-corrected chi connectivity index (χ0v) is 31.6. The van der Waals surface area contributed by atoms with Crippen molar-refractivity contribution in [3.05, 3.63) is 192 Å². The highest BCUT2D eigenvalue weighted by molar-refractivity contribution is 7.25. The Labute approximate surface area is 332 Å². The SMILES string of the molecule is C1=Cc2c(n(-c3ccc4c(c3)oc3c(-c5ccc6sc7ccc(C8N=C(c9ccccc9)N=C(c9ccccc9)N8)cc7c6c5)cccc34)c3ccccc23)CC1. The summed E-state index contributed by atoms with van der Waals surface area (Å²) in [6.45, 7) is 0. The minimum Gasteiger partial charge on any atom is -0.455 e. The molecule has 0 saturated heterocycles. The summed E-state index contributed by atoms with van der Waals surface area (Å²) >= 11 is 1.82. The number of hydrogen-bond acceptors (Lipinski definition) is 5. The topological polar surface area (TPSA) is 54.8 Å². The monoisotopic (exact) mass is 750 g/mol. The zero-order chi connectivity index (χ0) is 37.5. The van der Waals surface area contributed by atoms with E-state index in [1.165, 1.54) is 42.3 Å². The smallest absolute Gasteiger partial charge is 0.159 e. The highest BCUT2D eigenvalue weighted by Gasteiger charge is 2.23. The lowest BCUT2D eigenvalue weighted by Crippen LogP contribution is -2.33. The third kappa shape index (κ3) is 5.21. The van der Waals surface area contributed by atoms with Crippen LogP contribution in [0.5, 0.6) is 0 Å². The molecule has 1 atom stereocenters. The van der Waals surface area contributed by atoms with E-state index in [-0.39, 0.29) is 6.17 Å². The molecule has 6 heteroatoms. The normalized spacial score (nSPS) is 15.3. The molecule has 1 aliphatic carbocycles. The molecule has 0 radical (unpaired) electrons. The van der Waals surface area contributed by atoms with Crippen LogP contribution >= 0.6 is 11.3 Å². The van der Waals surface area contributed by atoms with Crippen molar-refractivity contribution in [1.29, 1.82) is 0 Å². The number of amidine groups is 2. The lowest BCUT2D eigenvalue weighted by Gasteiger charge is -2.23. The maximum Gasteiger partial charge on any atom is 0.159 e. The lowest BCUT2D eigenvalue weighted by molar-refractivity contribution is 0.669. The standard InChI is InChI=1S/C51H34N4OS/c1-3-12-31(13-4-1)49-52-50(32-14-5-2-6-15-32)54-51(53-49)34-23-27-47-42(29-34)41-28-33(22-26-46(41)57-47)36-18-11-19-40-39-25-24-35(30-45(39)56-48(36)40)55-43-20-9-7-16-37(43)38-17-8-10-21-44(38)55/h1-9,11-20,22-30,51H,10,21H2,(H,52,53,54). The van der Waals surface area contributed by atoms with Gasteiger partial charge in [0.2, 0.25) is 0 Å². The fourth-order valence-electron chi connectivity index (χ4n) is 8.83. The molecule has 1 N–H and O–H groups in total. The number of nitrogens with one attached hydrogen (secondary N) is 1. The number of fused-ring (bicyclic) bond motifs is 9. The molecular weight excluding hydrogens is 717 g/mol. The number of aliphatic imine (C=N–C) groups is 2. The average Bonchev–Trinajstić information content (AvgIpc) is 3.95. The number of allylic oxidation sites excluding steroid dienone is 1. The van der Waals surface area contributed by atoms with Crippen LogP contribution < -0.4 is 5.32 Å². The first-order valence-electron chi connectivity index (χ1n) is 19.5. The molecule has 0 amide bonds. The summed E-state index contributed by atoms with van der Waals surface area (Å²) in [5, 5.41) is 9.64. The molecule has 0 bridgehead atoms. The third-order valence-electron chi connectivity index (χ3n) is 11.5. The Morgan fingerprint density at radius 1 is 0.632 bits per heavy atom. The molecule has 3 aromatic heterocycles. The Bertz CT molecular complexity index is 3330. The highest BCUT2D eigenvalue weighted by atomic mass is 32.1. The number of aromatic nitrogens is 1. The second kappa shape index (κ2) is 12.8. The predicted octanol–water partition coefficient (Wildman–Crippen LogP) is 13.0. The van der Waals surface area contributed by atoms with Crippen LogP contribution in [0.2, 0.25) is 0 Å². The van der Waals surface area contributed by atoms with Crippen molar-refractivity contribution in [3.8, 4) is 16.8 Å². The van der Waals surface area contributed by atoms with Crippen LogP contribution in [-0.4, -0.2) is 16.2 Å². The van der Waals surface area contributed by atoms with Crippen molar-refractivity contribution >= 4 is 82.1 Å². The third-order valence-corrected chi connectivity index (χ3v) is 12.7. The Morgan fingerprint density at radius 2 is 1.40 bits per heavy atom. The van der Waals surface area contributed by atoms with Gasteiger partial charge in [0.15, 0.2) is 5.84 Å². The van der Waals surface area contributed by atoms with E-state index >= 15 is 0 Å². The van der Waals surface area contributed by atoms with E-state index in [1.807, 2.05) is 47.7 Å². The molecule has 0 spiro atoms. The molecular formula is C51H34N4OS. The van der Waals surface area contributed by atoms with Gasteiger partial charge in [-0.05, 0) is 66.4 Å². The molecule has 7 aromatic carbocycles. The van der Waals surface area contributed by atoms with Crippen molar-refractivity contribution < 1.29 is 4.42 Å². The van der Waals surface area contributed by atoms with Gasteiger partial charge in [-0.2, -0.15) is 0 Å². The van der Waals surface area contributed by atoms with Gasteiger partial charge < -0.3 is 14.3 Å². The van der Waals surface area contributed by atoms with E-state index in [9.17, 15) is 0 Å². The summed E-state index contributed by atoms with van der Waals surface area (Å²) in [7, 11) is 0. The number of benzene rings is 7. The largest absolute Gasteiger partial charge is 0.455 e. The van der Waals surface area contributed by atoms with Gasteiger partial charge in [0, 0.05) is 76.0 Å². The van der Waals surface area contributed by atoms with Crippen LogP contribution in [0.15, 0.2) is 178 Å². The van der Waals surface area contributed by atoms with Gasteiger partial charge in [-0.3, -0.25) is 0 Å². The van der Waals surface area contributed by atoms with Crippen LogP contribution in [0.3, 0.4) is 0 Å². The molecule has 57 heavy (non-hydrogen) atoms. The van der Waals surface area contributed by atoms with Crippen molar-refractivity contribution in [3.63, 3.8) is 0 Å². The van der Waals surface area contributed by atoms with Gasteiger partial charge in [0.25, 0.3) is 0 Å². The second-order valence-corrected chi connectivity index (χ2v) is 16.0. The quantitative estimate of drug-likeness (QED) is 0.190. The summed E-state index contributed by atoms with van der Waals surface area (Å²) in [5.41, 5.74) is 12.2. The number of para-hydroxylation sites is 2. The zero-order valence-electron chi connectivity index (χ0n) is 30.8. The summed E-state index contributed by atoms with van der Waals surface area (Å²) < 4.78 is 11.8. The van der Waals surface area contributed by atoms with Gasteiger partial charge in [-0.1, -0.05) is 121 Å². The Morgan fingerprint density at radius 3 is 2.28 bits per heavy atom. The molecule has 5 nitrogen and oxygen atoms in total. The summed E-state index contributed by atoms with van der Waals surface area (Å²) in [5.74, 6) is 1.54. The fraction of sp³-hybridized carbons (Fsp3) is 0.0588. The van der Waals surface area contributed by atoms with Crippen molar-refractivity contribution in [2.45, 2.75) is 19.0 Å². The first-order valence-corrected chi connectivity index (χ1v) is 20.3. The summed E-state index contributed by atoms with van der Waals surface area (Å²) in [6.07, 6.45) is 6.36. The van der Waals surface area contributed by atoms with E-state index in [1.54, 1.807) is 0 Å². The molecule has 1 aliphatic heterocycles. The van der Waals surface area contributed by atoms with E-state index in [0.29, 0.717) is 0 Å².